The van der Waals surface area contributed by atoms with E-state index in [-0.39, 0.29) is 6.04 Å². The molecular weight excluding hydrogens is 246 g/mol. The van der Waals surface area contributed by atoms with Gasteiger partial charge in [-0.25, -0.2) is 0 Å². The van der Waals surface area contributed by atoms with Crippen LogP contribution in [0, 0.1) is 6.92 Å². The van der Waals surface area contributed by atoms with Gasteiger partial charge in [0.15, 0.2) is 0 Å². The predicted octanol–water partition coefficient (Wildman–Crippen LogP) is 3.25. The zero-order valence-electron chi connectivity index (χ0n) is 11.7. The summed E-state index contributed by atoms with van der Waals surface area (Å²) in [6.45, 7) is 2.04. The molecule has 0 saturated heterocycles. The van der Waals surface area contributed by atoms with Crippen LogP contribution in [0.15, 0.2) is 54.9 Å². The van der Waals surface area contributed by atoms with Gasteiger partial charge in [0, 0.05) is 23.5 Å². The van der Waals surface area contributed by atoms with Gasteiger partial charge in [0.25, 0.3) is 0 Å². The fourth-order valence-electron chi connectivity index (χ4n) is 2.55. The minimum atomic E-state index is 0.112. The minimum Gasteiger partial charge on any atom is -0.309 e. The van der Waals surface area contributed by atoms with Crippen molar-refractivity contribution in [2.24, 2.45) is 0 Å². The summed E-state index contributed by atoms with van der Waals surface area (Å²) in [6, 6.07) is 14.6. The summed E-state index contributed by atoms with van der Waals surface area (Å²) in [4.78, 5) is 8.92. The Morgan fingerprint density at radius 3 is 2.70 bits per heavy atom. The smallest absolute Gasteiger partial charge is 0.0702 e. The number of hydrogen-bond acceptors (Lipinski definition) is 3. The summed E-state index contributed by atoms with van der Waals surface area (Å²) in [5, 5.41) is 4.52. The minimum absolute atomic E-state index is 0.112. The van der Waals surface area contributed by atoms with E-state index in [4.69, 9.17) is 0 Å². The number of para-hydroxylation sites is 1. The van der Waals surface area contributed by atoms with Crippen molar-refractivity contribution in [1.29, 1.82) is 0 Å². The molecule has 3 aromatic rings. The van der Waals surface area contributed by atoms with E-state index in [1.165, 1.54) is 5.56 Å². The number of nitrogens with one attached hydrogen (secondary N) is 1. The number of rotatable bonds is 3. The number of pyridine rings is 2. The zero-order chi connectivity index (χ0) is 13.9. The molecule has 3 heteroatoms. The van der Waals surface area contributed by atoms with Gasteiger partial charge in [-0.2, -0.15) is 0 Å². The molecule has 20 heavy (non-hydrogen) atoms. The Labute approximate surface area is 118 Å². The van der Waals surface area contributed by atoms with Crippen molar-refractivity contribution < 1.29 is 0 Å². The number of benzene rings is 1. The van der Waals surface area contributed by atoms with Crippen LogP contribution in [0.3, 0.4) is 0 Å². The van der Waals surface area contributed by atoms with Crippen molar-refractivity contribution in [2.75, 3.05) is 7.05 Å². The van der Waals surface area contributed by atoms with Crippen molar-refractivity contribution in [1.82, 2.24) is 15.3 Å². The van der Waals surface area contributed by atoms with Crippen LogP contribution in [0.4, 0.5) is 0 Å². The molecule has 3 nitrogen and oxygen atoms in total. The van der Waals surface area contributed by atoms with Gasteiger partial charge in [-0.05, 0) is 43.3 Å². The van der Waals surface area contributed by atoms with Gasteiger partial charge in [0.2, 0.25) is 0 Å². The second kappa shape index (κ2) is 5.39. The average molecular weight is 263 g/mol. The number of aromatic nitrogens is 2. The van der Waals surface area contributed by atoms with E-state index in [9.17, 15) is 0 Å². The highest BCUT2D eigenvalue weighted by atomic mass is 14.9. The maximum Gasteiger partial charge on any atom is 0.0702 e. The summed E-state index contributed by atoms with van der Waals surface area (Å²) in [5.41, 5.74) is 4.41. The van der Waals surface area contributed by atoms with E-state index in [0.29, 0.717) is 0 Å². The summed E-state index contributed by atoms with van der Waals surface area (Å²) >= 11 is 0. The third kappa shape index (κ3) is 2.28. The molecule has 0 radical (unpaired) electrons. The summed E-state index contributed by atoms with van der Waals surface area (Å²) in [6.07, 6.45) is 3.76. The number of aryl methyl sites for hydroxylation is 1. The maximum absolute atomic E-state index is 4.54. The average Bonchev–Trinajstić information content (AvgIpc) is 2.50. The molecule has 0 fully saturated rings. The molecular formula is C17H17N3. The molecule has 1 N–H and O–H groups in total. The highest BCUT2D eigenvalue weighted by Crippen LogP contribution is 2.25. The van der Waals surface area contributed by atoms with Crippen LogP contribution in [-0.4, -0.2) is 17.0 Å². The Balaban J connectivity index is 2.10. The molecule has 0 spiro atoms. The van der Waals surface area contributed by atoms with Gasteiger partial charge < -0.3 is 5.32 Å². The molecule has 2 aromatic heterocycles. The van der Waals surface area contributed by atoms with Gasteiger partial charge in [-0.3, -0.25) is 9.97 Å². The Morgan fingerprint density at radius 2 is 1.90 bits per heavy atom. The first-order chi connectivity index (χ1) is 9.79. The normalized spacial score (nSPS) is 12.5. The molecule has 1 unspecified atom stereocenters. The van der Waals surface area contributed by atoms with Crippen LogP contribution in [0.1, 0.15) is 22.9 Å². The fourth-order valence-corrected chi connectivity index (χ4v) is 2.55. The molecule has 100 valence electrons. The predicted molar refractivity (Wildman–Crippen MR) is 81.6 cm³/mol. The zero-order valence-corrected chi connectivity index (χ0v) is 11.7. The summed E-state index contributed by atoms with van der Waals surface area (Å²) < 4.78 is 0. The third-order valence-electron chi connectivity index (χ3n) is 3.59. The largest absolute Gasteiger partial charge is 0.309 e. The lowest BCUT2D eigenvalue weighted by Gasteiger charge is -2.18. The summed E-state index contributed by atoms with van der Waals surface area (Å²) in [7, 11) is 1.96. The maximum atomic E-state index is 4.54. The van der Waals surface area contributed by atoms with Gasteiger partial charge in [-0.1, -0.05) is 24.3 Å². The van der Waals surface area contributed by atoms with Gasteiger partial charge >= 0.3 is 0 Å². The highest BCUT2D eigenvalue weighted by molar-refractivity contribution is 5.79. The molecule has 0 saturated carbocycles. The molecule has 0 aliphatic carbocycles. The first kappa shape index (κ1) is 12.8. The van der Waals surface area contributed by atoms with Crippen LogP contribution < -0.4 is 5.32 Å². The van der Waals surface area contributed by atoms with Gasteiger partial charge in [0.1, 0.15) is 0 Å². The quantitative estimate of drug-likeness (QED) is 0.788. The molecule has 0 aliphatic heterocycles. The lowest BCUT2D eigenvalue weighted by atomic mass is 9.98. The van der Waals surface area contributed by atoms with Crippen LogP contribution in [0.2, 0.25) is 0 Å². The van der Waals surface area contributed by atoms with E-state index in [0.717, 1.165) is 22.2 Å². The highest BCUT2D eigenvalue weighted by Gasteiger charge is 2.15. The molecule has 1 aromatic carbocycles. The van der Waals surface area contributed by atoms with Crippen LogP contribution in [0.5, 0.6) is 0 Å². The molecule has 0 bridgehead atoms. The lowest BCUT2D eigenvalue weighted by Crippen LogP contribution is -2.19. The lowest BCUT2D eigenvalue weighted by molar-refractivity contribution is 0.681. The van der Waals surface area contributed by atoms with E-state index in [1.807, 2.05) is 50.6 Å². The monoisotopic (exact) mass is 263 g/mol. The van der Waals surface area contributed by atoms with Crippen molar-refractivity contribution in [3.05, 3.63) is 71.7 Å². The Morgan fingerprint density at radius 1 is 1.05 bits per heavy atom. The third-order valence-corrected chi connectivity index (χ3v) is 3.59. The van der Waals surface area contributed by atoms with Crippen LogP contribution >= 0.6 is 0 Å². The molecule has 2 heterocycles. The molecule has 0 aliphatic rings. The SMILES string of the molecule is CNC(c1cnc2ccccc2c1)c1cccnc1C. The second-order valence-corrected chi connectivity index (χ2v) is 4.86. The Hall–Kier alpha value is -2.26. The van der Waals surface area contributed by atoms with E-state index >= 15 is 0 Å². The number of hydrogen-bond donors (Lipinski definition) is 1. The van der Waals surface area contributed by atoms with Gasteiger partial charge in [0.05, 0.1) is 11.6 Å². The van der Waals surface area contributed by atoms with Crippen molar-refractivity contribution in [3.63, 3.8) is 0 Å². The van der Waals surface area contributed by atoms with Crippen molar-refractivity contribution in [3.8, 4) is 0 Å². The molecule has 1 atom stereocenters. The number of nitrogens with zero attached hydrogens (tertiary/aromatic N) is 2. The Bertz CT molecular complexity index is 737. The van der Waals surface area contributed by atoms with E-state index in [1.54, 1.807) is 0 Å². The van der Waals surface area contributed by atoms with Gasteiger partial charge in [-0.15, -0.1) is 0 Å². The number of fused-ring (bicyclic) bond motifs is 1. The molecule has 0 amide bonds. The standard InChI is InChI=1S/C17H17N3/c1-12-15(7-5-9-19-12)17(18-2)14-10-13-6-3-4-8-16(13)20-11-14/h3-11,17-18H,1-2H3. The summed E-state index contributed by atoms with van der Waals surface area (Å²) in [5.74, 6) is 0. The molecule has 3 rings (SSSR count). The van der Waals surface area contributed by atoms with Crippen LogP contribution in [-0.2, 0) is 0 Å². The Kier molecular flexibility index (Phi) is 3.44. The first-order valence-corrected chi connectivity index (χ1v) is 6.73. The van der Waals surface area contributed by atoms with E-state index in [2.05, 4.69) is 33.5 Å². The van der Waals surface area contributed by atoms with E-state index < -0.39 is 0 Å². The fraction of sp³-hybridized carbons (Fsp3) is 0.176. The topological polar surface area (TPSA) is 37.8 Å². The van der Waals surface area contributed by atoms with Crippen LogP contribution in [0.25, 0.3) is 10.9 Å². The second-order valence-electron chi connectivity index (χ2n) is 4.86. The first-order valence-electron chi connectivity index (χ1n) is 6.73. The van der Waals surface area contributed by atoms with Crippen molar-refractivity contribution >= 4 is 10.9 Å². The van der Waals surface area contributed by atoms with Crippen molar-refractivity contribution in [2.45, 2.75) is 13.0 Å².